The zero-order chi connectivity index (χ0) is 14.8. The van der Waals surface area contributed by atoms with E-state index in [0.717, 1.165) is 11.4 Å². The molecule has 0 spiro atoms. The van der Waals surface area contributed by atoms with Crippen molar-refractivity contribution in [3.05, 3.63) is 51.7 Å². The van der Waals surface area contributed by atoms with Crippen molar-refractivity contribution in [2.45, 2.75) is 19.9 Å². The number of rotatable bonds is 4. The van der Waals surface area contributed by atoms with Gasteiger partial charge in [0.25, 0.3) is 0 Å². The van der Waals surface area contributed by atoms with E-state index in [1.54, 1.807) is 17.5 Å². The molecule has 21 heavy (non-hydrogen) atoms. The number of thiophene rings is 1. The van der Waals surface area contributed by atoms with E-state index in [9.17, 15) is 0 Å². The maximum Gasteiger partial charge on any atom is 0.196 e. The lowest BCUT2D eigenvalue weighted by atomic mass is 10.0. The minimum Gasteiger partial charge on any atom is -0.291 e. The second kappa shape index (κ2) is 5.91. The van der Waals surface area contributed by atoms with Crippen LogP contribution < -0.4 is 0 Å². The van der Waals surface area contributed by atoms with Gasteiger partial charge in [0.15, 0.2) is 10.6 Å². The van der Waals surface area contributed by atoms with Crippen LogP contribution in [0.2, 0.25) is 0 Å². The van der Waals surface area contributed by atoms with Crippen LogP contribution in [-0.2, 0) is 0 Å². The molecule has 0 radical (unpaired) electrons. The molecule has 3 aromatic heterocycles. The maximum atomic E-state index is 5.47. The van der Waals surface area contributed by atoms with Crippen molar-refractivity contribution in [2.24, 2.45) is 5.92 Å². The van der Waals surface area contributed by atoms with Crippen LogP contribution in [0.4, 0.5) is 0 Å². The van der Waals surface area contributed by atoms with E-state index in [1.807, 2.05) is 18.3 Å². The molecule has 1 unspecified atom stereocenters. The normalized spacial score (nSPS) is 12.7. The third kappa shape index (κ3) is 2.69. The van der Waals surface area contributed by atoms with E-state index in [4.69, 9.17) is 12.2 Å². The van der Waals surface area contributed by atoms with E-state index in [2.05, 4.69) is 51.1 Å². The first-order valence-electron chi connectivity index (χ1n) is 6.79. The van der Waals surface area contributed by atoms with E-state index >= 15 is 0 Å². The quantitative estimate of drug-likeness (QED) is 0.730. The van der Waals surface area contributed by atoms with Gasteiger partial charge in [0.2, 0.25) is 0 Å². The van der Waals surface area contributed by atoms with E-state index in [1.165, 1.54) is 4.88 Å². The fourth-order valence-electron chi connectivity index (χ4n) is 2.47. The number of aromatic nitrogens is 4. The first-order valence-corrected chi connectivity index (χ1v) is 8.08. The minimum absolute atomic E-state index is 0.173. The Morgan fingerprint density at radius 3 is 2.76 bits per heavy atom. The second-order valence-corrected chi connectivity index (χ2v) is 6.53. The Morgan fingerprint density at radius 2 is 2.14 bits per heavy atom. The highest BCUT2D eigenvalue weighted by Gasteiger charge is 2.23. The lowest BCUT2D eigenvalue weighted by Crippen LogP contribution is -2.17. The van der Waals surface area contributed by atoms with Gasteiger partial charge in [-0.25, -0.2) is 0 Å². The molecule has 0 aliphatic carbocycles. The van der Waals surface area contributed by atoms with Crippen molar-refractivity contribution in [1.82, 2.24) is 19.7 Å². The Kier molecular flexibility index (Phi) is 3.98. The van der Waals surface area contributed by atoms with Gasteiger partial charge in [-0.15, -0.1) is 11.3 Å². The topological polar surface area (TPSA) is 46.5 Å². The zero-order valence-corrected chi connectivity index (χ0v) is 13.5. The van der Waals surface area contributed by atoms with Gasteiger partial charge in [-0.3, -0.25) is 14.6 Å². The van der Waals surface area contributed by atoms with E-state index < -0.39 is 0 Å². The number of nitrogens with one attached hydrogen (secondary N) is 1. The van der Waals surface area contributed by atoms with Gasteiger partial charge in [-0.2, -0.15) is 5.10 Å². The minimum atomic E-state index is 0.173. The summed E-state index contributed by atoms with van der Waals surface area (Å²) < 4.78 is 2.74. The van der Waals surface area contributed by atoms with Crippen molar-refractivity contribution >= 4 is 23.6 Å². The number of pyridine rings is 1. The Balaban J connectivity index is 2.18. The third-order valence-corrected chi connectivity index (χ3v) is 4.60. The lowest BCUT2D eigenvalue weighted by molar-refractivity contribution is 0.442. The molecule has 0 aliphatic heterocycles. The number of nitrogens with zero attached hydrogens (tertiary/aromatic N) is 3. The molecule has 3 heterocycles. The maximum absolute atomic E-state index is 5.47. The van der Waals surface area contributed by atoms with Crippen molar-refractivity contribution in [3.63, 3.8) is 0 Å². The average molecular weight is 316 g/mol. The first kappa shape index (κ1) is 14.2. The highest BCUT2D eigenvalue weighted by atomic mass is 32.1. The second-order valence-electron chi connectivity index (χ2n) is 5.17. The molecule has 3 aromatic rings. The van der Waals surface area contributed by atoms with Crippen LogP contribution in [0.15, 0.2) is 42.0 Å². The van der Waals surface area contributed by atoms with Gasteiger partial charge >= 0.3 is 0 Å². The van der Waals surface area contributed by atoms with Crippen molar-refractivity contribution in [2.75, 3.05) is 0 Å². The molecule has 6 heteroatoms. The number of hydrogen-bond donors (Lipinski definition) is 1. The third-order valence-electron chi connectivity index (χ3n) is 3.37. The highest BCUT2D eigenvalue weighted by Crippen LogP contribution is 2.33. The zero-order valence-electron chi connectivity index (χ0n) is 11.9. The number of hydrogen-bond acceptors (Lipinski definition) is 4. The summed E-state index contributed by atoms with van der Waals surface area (Å²) in [6, 6.07) is 8.30. The Hall–Kier alpha value is -1.79. The molecule has 4 nitrogen and oxygen atoms in total. The molecule has 108 valence electrons. The van der Waals surface area contributed by atoms with Crippen molar-refractivity contribution < 1.29 is 0 Å². The predicted molar refractivity (Wildman–Crippen MR) is 87.9 cm³/mol. The molecule has 1 atom stereocenters. The van der Waals surface area contributed by atoms with Crippen LogP contribution in [0.25, 0.3) is 11.4 Å². The van der Waals surface area contributed by atoms with Crippen LogP contribution in [0.5, 0.6) is 0 Å². The summed E-state index contributed by atoms with van der Waals surface area (Å²) in [5.41, 5.74) is 0.965. The number of aromatic amines is 1. The van der Waals surface area contributed by atoms with Crippen LogP contribution >= 0.6 is 23.6 Å². The summed E-state index contributed by atoms with van der Waals surface area (Å²) >= 11 is 7.22. The van der Waals surface area contributed by atoms with Crippen LogP contribution in [0.3, 0.4) is 0 Å². The predicted octanol–water partition coefficient (Wildman–Crippen LogP) is 4.31. The van der Waals surface area contributed by atoms with Gasteiger partial charge < -0.3 is 0 Å². The fourth-order valence-corrected chi connectivity index (χ4v) is 3.71. The Morgan fingerprint density at radius 1 is 1.29 bits per heavy atom. The summed E-state index contributed by atoms with van der Waals surface area (Å²) in [5.74, 6) is 1.24. The molecule has 3 rings (SSSR count). The molecule has 0 aromatic carbocycles. The van der Waals surface area contributed by atoms with Gasteiger partial charge in [0, 0.05) is 22.8 Å². The fraction of sp³-hybridized carbons (Fsp3) is 0.267. The summed E-state index contributed by atoms with van der Waals surface area (Å²) in [6.45, 7) is 4.40. The Bertz CT molecular complexity index is 757. The van der Waals surface area contributed by atoms with E-state index in [0.29, 0.717) is 10.7 Å². The molecular formula is C15H16N4S2. The molecule has 0 saturated carbocycles. The van der Waals surface area contributed by atoms with Gasteiger partial charge in [-0.1, -0.05) is 19.9 Å². The lowest BCUT2D eigenvalue weighted by Gasteiger charge is -2.22. The summed E-state index contributed by atoms with van der Waals surface area (Å²) in [4.78, 5) is 5.46. The molecule has 1 N–H and O–H groups in total. The van der Waals surface area contributed by atoms with Crippen LogP contribution in [0.1, 0.15) is 24.8 Å². The number of H-pyrrole nitrogens is 1. The standard InChI is InChI=1S/C15H16N4S2/c1-10(2)13(12-6-4-8-21-12)19-14(17-18-15(19)20)11-5-3-7-16-9-11/h3-10,13H,1-2H3,(H,18,20). The molecule has 0 saturated heterocycles. The molecule has 0 fully saturated rings. The van der Waals surface area contributed by atoms with Crippen LogP contribution in [0, 0.1) is 10.7 Å². The van der Waals surface area contributed by atoms with Crippen molar-refractivity contribution in [1.29, 1.82) is 0 Å². The van der Waals surface area contributed by atoms with Gasteiger partial charge in [0.05, 0.1) is 6.04 Å². The average Bonchev–Trinajstić information content (AvgIpc) is 3.12. The highest BCUT2D eigenvalue weighted by molar-refractivity contribution is 7.71. The smallest absolute Gasteiger partial charge is 0.196 e. The summed E-state index contributed by atoms with van der Waals surface area (Å²) in [6.07, 6.45) is 3.57. The Labute approximate surface area is 132 Å². The monoisotopic (exact) mass is 316 g/mol. The van der Waals surface area contributed by atoms with Gasteiger partial charge in [0.1, 0.15) is 0 Å². The van der Waals surface area contributed by atoms with Gasteiger partial charge in [-0.05, 0) is 41.7 Å². The SMILES string of the molecule is CC(C)C(c1cccs1)n1c(-c2cccnc2)n[nH]c1=S. The molecule has 0 aliphatic rings. The summed E-state index contributed by atoms with van der Waals surface area (Å²) in [5, 5.41) is 9.43. The molecule has 0 bridgehead atoms. The van der Waals surface area contributed by atoms with E-state index in [-0.39, 0.29) is 6.04 Å². The largest absolute Gasteiger partial charge is 0.291 e. The molecule has 0 amide bonds. The summed E-state index contributed by atoms with van der Waals surface area (Å²) in [7, 11) is 0. The van der Waals surface area contributed by atoms with Crippen molar-refractivity contribution in [3.8, 4) is 11.4 Å². The first-order chi connectivity index (χ1) is 10.2. The molecular weight excluding hydrogens is 300 g/mol. The van der Waals surface area contributed by atoms with Crippen LogP contribution in [-0.4, -0.2) is 19.7 Å².